The number of rotatable bonds is 8. The van der Waals surface area contributed by atoms with Crippen LogP contribution in [-0.2, 0) is 13.9 Å². The normalized spacial score (nSPS) is 20.8. The number of carbonyl (C=O) groups is 2. The van der Waals surface area contributed by atoms with Gasteiger partial charge in [-0.15, -0.1) is 0 Å². The molecule has 0 saturated carbocycles. The predicted molar refractivity (Wildman–Crippen MR) is 122 cm³/mol. The van der Waals surface area contributed by atoms with Crippen LogP contribution in [0.15, 0.2) is 72.8 Å². The summed E-state index contributed by atoms with van der Waals surface area (Å²) >= 11 is 0. The lowest BCUT2D eigenvalue weighted by Crippen LogP contribution is -2.37. The molecule has 1 aliphatic rings. The van der Waals surface area contributed by atoms with Crippen LogP contribution in [0.5, 0.6) is 0 Å². The van der Waals surface area contributed by atoms with Crippen LogP contribution in [0.1, 0.15) is 27.1 Å². The molecular formula is C25H30O5Si. The van der Waals surface area contributed by atoms with Gasteiger partial charge in [0.25, 0.3) is 0 Å². The lowest BCUT2D eigenvalue weighted by atomic mass is 9.83. The van der Waals surface area contributed by atoms with Gasteiger partial charge in [0.1, 0.15) is 0 Å². The highest BCUT2D eigenvalue weighted by molar-refractivity contribution is 6.69. The third kappa shape index (κ3) is 7.19. The van der Waals surface area contributed by atoms with Crippen molar-refractivity contribution in [1.29, 1.82) is 0 Å². The maximum atomic E-state index is 12.4. The summed E-state index contributed by atoms with van der Waals surface area (Å²) in [6.07, 6.45) is 4.78. The van der Waals surface area contributed by atoms with Crippen molar-refractivity contribution < 1.29 is 23.5 Å². The first-order valence-electron chi connectivity index (χ1n) is 10.6. The van der Waals surface area contributed by atoms with Crippen molar-refractivity contribution in [2.75, 3.05) is 13.2 Å². The van der Waals surface area contributed by atoms with E-state index in [4.69, 9.17) is 13.9 Å². The minimum absolute atomic E-state index is 0.00239. The van der Waals surface area contributed by atoms with E-state index < -0.39 is 8.32 Å². The van der Waals surface area contributed by atoms with Gasteiger partial charge in [-0.2, -0.15) is 0 Å². The fourth-order valence-corrected chi connectivity index (χ4v) is 4.65. The van der Waals surface area contributed by atoms with Crippen LogP contribution in [0.4, 0.5) is 0 Å². The molecule has 0 N–H and O–H groups in total. The first-order valence-corrected chi connectivity index (χ1v) is 14.0. The van der Waals surface area contributed by atoms with Gasteiger partial charge in [0.05, 0.1) is 30.4 Å². The van der Waals surface area contributed by atoms with Crippen molar-refractivity contribution in [3.63, 3.8) is 0 Å². The van der Waals surface area contributed by atoms with Crippen molar-refractivity contribution in [3.8, 4) is 0 Å². The van der Waals surface area contributed by atoms with Crippen LogP contribution in [0.2, 0.25) is 19.6 Å². The van der Waals surface area contributed by atoms with Crippen LogP contribution in [0.25, 0.3) is 0 Å². The van der Waals surface area contributed by atoms with Gasteiger partial charge in [-0.25, -0.2) is 9.59 Å². The van der Waals surface area contributed by atoms with Crippen LogP contribution in [0, 0.1) is 11.8 Å². The summed E-state index contributed by atoms with van der Waals surface area (Å²) in [5.74, 6) is -0.743. The topological polar surface area (TPSA) is 61.8 Å². The SMILES string of the molecule is C[Si](C)(C)O[C@@H]1C=C[C@H](COC(=O)c2ccccc2)[C@@H](COC(=O)c2ccccc2)C1. The van der Waals surface area contributed by atoms with E-state index in [1.807, 2.05) is 30.3 Å². The van der Waals surface area contributed by atoms with Crippen molar-refractivity contribution in [2.24, 2.45) is 11.8 Å². The second-order valence-corrected chi connectivity index (χ2v) is 13.2. The van der Waals surface area contributed by atoms with Crippen LogP contribution >= 0.6 is 0 Å². The molecule has 2 aromatic carbocycles. The molecule has 0 saturated heterocycles. The molecule has 6 heteroatoms. The summed E-state index contributed by atoms with van der Waals surface area (Å²) in [6.45, 7) is 6.94. The van der Waals surface area contributed by atoms with E-state index in [9.17, 15) is 9.59 Å². The Balaban J connectivity index is 1.64. The first kappa shape index (κ1) is 23.0. The molecule has 0 fully saturated rings. The quantitative estimate of drug-likeness (QED) is 0.325. The number of esters is 2. The monoisotopic (exact) mass is 438 g/mol. The molecule has 0 aliphatic heterocycles. The second kappa shape index (κ2) is 10.6. The van der Waals surface area contributed by atoms with E-state index in [0.29, 0.717) is 11.1 Å². The van der Waals surface area contributed by atoms with E-state index in [1.165, 1.54) is 0 Å². The van der Waals surface area contributed by atoms with E-state index in [1.54, 1.807) is 36.4 Å². The van der Waals surface area contributed by atoms with Gasteiger partial charge in [0.2, 0.25) is 0 Å². The van der Waals surface area contributed by atoms with Gasteiger partial charge in [0, 0.05) is 11.8 Å². The zero-order valence-corrected chi connectivity index (χ0v) is 19.3. The van der Waals surface area contributed by atoms with E-state index in [2.05, 4.69) is 25.7 Å². The molecular weight excluding hydrogens is 408 g/mol. The molecule has 3 rings (SSSR count). The van der Waals surface area contributed by atoms with Gasteiger partial charge < -0.3 is 13.9 Å². The average molecular weight is 439 g/mol. The molecule has 0 bridgehead atoms. The highest BCUT2D eigenvalue weighted by Crippen LogP contribution is 2.29. The molecule has 0 amide bonds. The van der Waals surface area contributed by atoms with Gasteiger partial charge in [-0.1, -0.05) is 48.6 Å². The van der Waals surface area contributed by atoms with E-state index in [-0.39, 0.29) is 43.1 Å². The summed E-state index contributed by atoms with van der Waals surface area (Å²) in [7, 11) is -1.72. The highest BCUT2D eigenvalue weighted by Gasteiger charge is 2.31. The van der Waals surface area contributed by atoms with Crippen LogP contribution in [-0.4, -0.2) is 39.6 Å². The zero-order valence-electron chi connectivity index (χ0n) is 18.3. The minimum Gasteiger partial charge on any atom is -0.462 e. The molecule has 0 heterocycles. The Bertz CT molecular complexity index is 889. The van der Waals surface area contributed by atoms with E-state index in [0.717, 1.165) is 6.42 Å². The Hall–Kier alpha value is -2.70. The standard InChI is InChI=1S/C25H30O5Si/c1-31(2,3)30-23-15-14-21(17-28-24(26)19-10-6-4-7-11-19)22(16-23)18-29-25(27)20-12-8-5-9-13-20/h4-15,21-23H,16-18H2,1-3H3/t21-,22-,23-/m1/s1. The van der Waals surface area contributed by atoms with Crippen molar-refractivity contribution in [3.05, 3.63) is 83.9 Å². The molecule has 0 unspecified atom stereocenters. The number of ether oxygens (including phenoxy) is 2. The number of hydrogen-bond acceptors (Lipinski definition) is 5. The second-order valence-electron chi connectivity index (χ2n) is 8.74. The maximum absolute atomic E-state index is 12.4. The molecule has 31 heavy (non-hydrogen) atoms. The fraction of sp³-hybridized carbons (Fsp3) is 0.360. The summed E-state index contributed by atoms with van der Waals surface area (Å²) < 4.78 is 17.4. The Labute approximate surface area is 185 Å². The summed E-state index contributed by atoms with van der Waals surface area (Å²) in [6, 6.07) is 17.9. The first-order chi connectivity index (χ1) is 14.8. The third-order valence-corrected chi connectivity index (χ3v) is 6.08. The van der Waals surface area contributed by atoms with Gasteiger partial charge in [-0.05, 0) is 50.3 Å². The lowest BCUT2D eigenvalue weighted by molar-refractivity contribution is 0.0201. The Morgan fingerprint density at radius 2 is 1.32 bits per heavy atom. The lowest BCUT2D eigenvalue weighted by Gasteiger charge is -2.34. The van der Waals surface area contributed by atoms with Crippen LogP contribution in [0.3, 0.4) is 0 Å². The van der Waals surface area contributed by atoms with Gasteiger partial charge in [-0.3, -0.25) is 0 Å². The van der Waals surface area contributed by atoms with Crippen molar-refractivity contribution >= 4 is 20.3 Å². The molecule has 5 nitrogen and oxygen atoms in total. The fourth-order valence-electron chi connectivity index (χ4n) is 3.57. The molecule has 1 aliphatic carbocycles. The summed E-state index contributed by atoms with van der Waals surface area (Å²) in [4.78, 5) is 24.8. The molecule has 2 aromatic rings. The highest BCUT2D eigenvalue weighted by atomic mass is 28.4. The molecule has 0 radical (unpaired) electrons. The molecule has 0 aromatic heterocycles. The third-order valence-electron chi connectivity index (χ3n) is 5.07. The maximum Gasteiger partial charge on any atom is 0.338 e. The molecule has 0 spiro atoms. The smallest absolute Gasteiger partial charge is 0.338 e. The predicted octanol–water partition coefficient (Wildman–Crippen LogP) is 5.11. The number of benzene rings is 2. The number of hydrogen-bond donors (Lipinski definition) is 0. The van der Waals surface area contributed by atoms with Crippen LogP contribution < -0.4 is 0 Å². The molecule has 164 valence electrons. The Morgan fingerprint density at radius 3 is 1.84 bits per heavy atom. The number of carbonyl (C=O) groups excluding carboxylic acids is 2. The van der Waals surface area contributed by atoms with Crippen molar-refractivity contribution in [2.45, 2.75) is 32.2 Å². The Kier molecular flexibility index (Phi) is 7.82. The average Bonchev–Trinajstić information content (AvgIpc) is 2.76. The summed E-state index contributed by atoms with van der Waals surface area (Å²) in [5, 5.41) is 0. The van der Waals surface area contributed by atoms with E-state index >= 15 is 0 Å². The minimum atomic E-state index is -1.72. The largest absolute Gasteiger partial charge is 0.462 e. The van der Waals surface area contributed by atoms with Gasteiger partial charge in [0.15, 0.2) is 8.32 Å². The Morgan fingerprint density at radius 1 is 0.806 bits per heavy atom. The molecule has 3 atom stereocenters. The summed E-state index contributed by atoms with van der Waals surface area (Å²) in [5.41, 5.74) is 1.05. The zero-order chi connectivity index (χ0) is 22.3. The van der Waals surface area contributed by atoms with Gasteiger partial charge >= 0.3 is 11.9 Å². The van der Waals surface area contributed by atoms with Crippen molar-refractivity contribution in [1.82, 2.24) is 0 Å².